The Kier molecular flexibility index (Phi) is 4.02. The molecule has 0 heterocycles. The van der Waals surface area contributed by atoms with Crippen LogP contribution in [0.2, 0.25) is 0 Å². The Hall–Kier alpha value is -0.590. The molecule has 0 bridgehead atoms. The van der Waals surface area contributed by atoms with E-state index in [9.17, 15) is 9.59 Å². The molecule has 0 unspecified atom stereocenters. The predicted molar refractivity (Wildman–Crippen MR) is 40.9 cm³/mol. The second-order valence-electron chi connectivity index (χ2n) is 1.12. The Balaban J connectivity index is 3.59. The third kappa shape index (κ3) is 3.95. The first-order chi connectivity index (χ1) is 4.20. The van der Waals surface area contributed by atoms with Gasteiger partial charge in [-0.3, -0.25) is 13.6 Å². The number of rotatable bonds is 1. The Labute approximate surface area is 66.2 Å². The van der Waals surface area contributed by atoms with E-state index in [0.29, 0.717) is 0 Å². The van der Waals surface area contributed by atoms with Crippen LogP contribution in [0, 0.1) is 0 Å². The second-order valence-corrected chi connectivity index (χ2v) is 1.66. The molecule has 50 valence electrons. The van der Waals surface area contributed by atoms with Crippen LogP contribution in [0.25, 0.3) is 0 Å². The monoisotopic (exact) mass is 240 g/mol. The van der Waals surface area contributed by atoms with Crippen molar-refractivity contribution in [1.82, 2.24) is 8.85 Å². The van der Waals surface area contributed by atoms with Gasteiger partial charge < -0.3 is 0 Å². The van der Waals surface area contributed by atoms with E-state index in [-0.39, 0.29) is 0 Å². The number of carbonyl (C=O) groups is 2. The van der Waals surface area contributed by atoms with Crippen molar-refractivity contribution in [2.24, 2.45) is 0 Å². The number of hydrogen-bond donors (Lipinski definition) is 2. The molecule has 0 aliphatic heterocycles. The summed E-state index contributed by atoms with van der Waals surface area (Å²) in [5.74, 6) is -0.510. The van der Waals surface area contributed by atoms with Crippen molar-refractivity contribution in [2.75, 3.05) is 0 Å². The molecule has 3 amide bonds. The van der Waals surface area contributed by atoms with E-state index in [1.807, 2.05) is 5.32 Å². The van der Waals surface area contributed by atoms with Gasteiger partial charge in [-0.05, 0) is 6.08 Å². The minimum atomic E-state index is -0.541. The van der Waals surface area contributed by atoms with Gasteiger partial charge in [-0.25, -0.2) is 4.79 Å². The van der Waals surface area contributed by atoms with E-state index >= 15 is 0 Å². The fourth-order valence-corrected chi connectivity index (χ4v) is 0.321. The van der Waals surface area contributed by atoms with E-state index in [0.717, 1.165) is 6.08 Å². The number of urea groups is 1. The first kappa shape index (κ1) is 8.41. The van der Waals surface area contributed by atoms with Crippen LogP contribution in [0.1, 0.15) is 0 Å². The van der Waals surface area contributed by atoms with E-state index in [1.165, 1.54) is 0 Å². The van der Waals surface area contributed by atoms with Gasteiger partial charge in [0.15, 0.2) is 0 Å². The van der Waals surface area contributed by atoms with Crippen LogP contribution in [0.15, 0.2) is 12.7 Å². The Morgan fingerprint density at radius 2 is 2.11 bits per heavy atom. The SMILES string of the molecule is C=CC(=O)NC(=O)NI. The summed E-state index contributed by atoms with van der Waals surface area (Å²) in [6.45, 7) is 3.15. The molecule has 0 aliphatic rings. The first-order valence-corrected chi connectivity index (χ1v) is 3.12. The predicted octanol–water partition coefficient (Wildman–Crippen LogP) is 0.348. The Morgan fingerprint density at radius 1 is 1.56 bits per heavy atom. The standard InChI is InChI=1S/C4H5IN2O2/c1-2-3(8)6-4(9)7-5/h2H,1H2,(H2,6,7,8,9). The van der Waals surface area contributed by atoms with Crippen LogP contribution in [0.5, 0.6) is 0 Å². The summed E-state index contributed by atoms with van der Waals surface area (Å²) in [4.78, 5) is 20.6. The quantitative estimate of drug-likeness (QED) is 0.394. The maximum absolute atomic E-state index is 10.3. The summed E-state index contributed by atoms with van der Waals surface area (Å²) < 4.78 is 2.18. The molecule has 5 heteroatoms. The van der Waals surface area contributed by atoms with E-state index in [1.54, 1.807) is 22.9 Å². The zero-order valence-electron chi connectivity index (χ0n) is 4.48. The lowest BCUT2D eigenvalue weighted by Crippen LogP contribution is -2.33. The first-order valence-electron chi connectivity index (χ1n) is 2.04. The second kappa shape index (κ2) is 4.30. The highest BCUT2D eigenvalue weighted by Gasteiger charge is 1.98. The molecular formula is C4H5IN2O2. The van der Waals surface area contributed by atoms with E-state index in [4.69, 9.17) is 0 Å². The lowest BCUT2D eigenvalue weighted by Gasteiger charge is -1.94. The average Bonchev–Trinajstić information content (AvgIpc) is 1.87. The van der Waals surface area contributed by atoms with Gasteiger partial charge in [-0.2, -0.15) is 0 Å². The normalized spacial score (nSPS) is 7.67. The van der Waals surface area contributed by atoms with Crippen molar-refractivity contribution >= 4 is 34.8 Å². The van der Waals surface area contributed by atoms with Crippen LogP contribution in [-0.4, -0.2) is 11.9 Å². The van der Waals surface area contributed by atoms with Gasteiger partial charge in [0.1, 0.15) is 0 Å². The van der Waals surface area contributed by atoms with Crippen molar-refractivity contribution < 1.29 is 9.59 Å². The molecule has 0 rings (SSSR count). The number of nitrogens with one attached hydrogen (secondary N) is 2. The van der Waals surface area contributed by atoms with Gasteiger partial charge in [-0.15, -0.1) is 0 Å². The summed E-state index contributed by atoms with van der Waals surface area (Å²) in [6.07, 6.45) is 1.02. The van der Waals surface area contributed by atoms with Crippen molar-refractivity contribution in [3.63, 3.8) is 0 Å². The smallest absolute Gasteiger partial charge is 0.280 e. The van der Waals surface area contributed by atoms with Crippen LogP contribution < -0.4 is 8.85 Å². The molecule has 0 aliphatic carbocycles. The van der Waals surface area contributed by atoms with Crippen LogP contribution in [-0.2, 0) is 4.79 Å². The number of imide groups is 1. The van der Waals surface area contributed by atoms with Gasteiger partial charge in [-0.1, -0.05) is 6.58 Å². The largest absolute Gasteiger partial charge is 0.330 e. The van der Waals surface area contributed by atoms with Crippen molar-refractivity contribution in [1.29, 1.82) is 0 Å². The highest BCUT2D eigenvalue weighted by Crippen LogP contribution is 1.72. The molecule has 0 aromatic carbocycles. The Morgan fingerprint density at radius 3 is 2.44 bits per heavy atom. The molecule has 0 aromatic rings. The van der Waals surface area contributed by atoms with Crippen LogP contribution >= 0.6 is 22.9 Å². The van der Waals surface area contributed by atoms with Crippen LogP contribution in [0.3, 0.4) is 0 Å². The summed E-state index contributed by atoms with van der Waals surface area (Å²) in [6, 6.07) is -0.541. The highest BCUT2D eigenvalue weighted by atomic mass is 127. The van der Waals surface area contributed by atoms with Crippen molar-refractivity contribution in [2.45, 2.75) is 0 Å². The molecule has 0 saturated heterocycles. The zero-order chi connectivity index (χ0) is 7.28. The lowest BCUT2D eigenvalue weighted by molar-refractivity contribution is -0.115. The third-order valence-corrected chi connectivity index (χ3v) is 0.998. The molecule has 0 atom stereocenters. The van der Waals surface area contributed by atoms with Gasteiger partial charge in [0, 0.05) is 0 Å². The third-order valence-electron chi connectivity index (χ3n) is 0.508. The van der Waals surface area contributed by atoms with E-state index in [2.05, 4.69) is 10.1 Å². The van der Waals surface area contributed by atoms with Crippen molar-refractivity contribution in [3.8, 4) is 0 Å². The number of halogens is 1. The highest BCUT2D eigenvalue weighted by molar-refractivity contribution is 14.1. The summed E-state index contributed by atoms with van der Waals surface area (Å²) in [5.41, 5.74) is 0. The van der Waals surface area contributed by atoms with Gasteiger partial charge >= 0.3 is 6.03 Å². The summed E-state index contributed by atoms with van der Waals surface area (Å²) >= 11 is 1.61. The van der Waals surface area contributed by atoms with Gasteiger partial charge in [0.2, 0.25) is 0 Å². The molecule has 4 nitrogen and oxygen atoms in total. The topological polar surface area (TPSA) is 58.2 Å². The molecule has 0 aromatic heterocycles. The minimum Gasteiger partial charge on any atom is -0.280 e. The molecule has 0 saturated carbocycles. The molecular weight excluding hydrogens is 235 g/mol. The Bertz CT molecular complexity index is 146. The number of hydrogen-bond acceptors (Lipinski definition) is 2. The van der Waals surface area contributed by atoms with E-state index < -0.39 is 11.9 Å². The summed E-state index contributed by atoms with van der Waals surface area (Å²) in [7, 11) is 0. The summed E-state index contributed by atoms with van der Waals surface area (Å²) in [5, 5.41) is 1.96. The molecule has 2 N–H and O–H groups in total. The number of amides is 3. The maximum atomic E-state index is 10.3. The maximum Gasteiger partial charge on any atom is 0.330 e. The fraction of sp³-hybridized carbons (Fsp3) is 0. The van der Waals surface area contributed by atoms with Gasteiger partial charge in [0.05, 0.1) is 22.9 Å². The van der Waals surface area contributed by atoms with Crippen molar-refractivity contribution in [3.05, 3.63) is 12.7 Å². The fourth-order valence-electron chi connectivity index (χ4n) is 0.187. The van der Waals surface area contributed by atoms with Gasteiger partial charge in [0.25, 0.3) is 5.91 Å². The number of carbonyl (C=O) groups excluding carboxylic acids is 2. The average molecular weight is 240 g/mol. The zero-order valence-corrected chi connectivity index (χ0v) is 6.64. The molecule has 9 heavy (non-hydrogen) atoms. The lowest BCUT2D eigenvalue weighted by atomic mass is 10.6. The minimum absolute atomic E-state index is 0.510. The molecule has 0 spiro atoms. The van der Waals surface area contributed by atoms with Crippen LogP contribution in [0.4, 0.5) is 4.79 Å². The molecule has 0 fully saturated rings. The molecule has 0 radical (unpaired) electrons.